The Labute approximate surface area is 179 Å². The van der Waals surface area contributed by atoms with Gasteiger partial charge in [0, 0.05) is 37.0 Å². The van der Waals surface area contributed by atoms with Gasteiger partial charge in [0.25, 0.3) is 0 Å². The first-order valence-electron chi connectivity index (χ1n) is 10.1. The van der Waals surface area contributed by atoms with Crippen molar-refractivity contribution >= 4 is 35.8 Å². The van der Waals surface area contributed by atoms with Gasteiger partial charge in [0.15, 0.2) is 5.96 Å². The zero-order valence-electron chi connectivity index (χ0n) is 16.0. The Kier molecular flexibility index (Phi) is 7.00. The maximum Gasteiger partial charge on any atom is 0.223 e. The van der Waals surface area contributed by atoms with Crippen LogP contribution < -0.4 is 16.0 Å². The third kappa shape index (κ3) is 5.59. The van der Waals surface area contributed by atoms with Gasteiger partial charge < -0.3 is 16.0 Å². The van der Waals surface area contributed by atoms with Crippen molar-refractivity contribution in [2.24, 2.45) is 10.9 Å². The predicted octanol–water partition coefficient (Wildman–Crippen LogP) is 3.16. The van der Waals surface area contributed by atoms with Gasteiger partial charge in [0.05, 0.1) is 0 Å². The minimum atomic E-state index is 0. The molecule has 3 aliphatic carbocycles. The Balaban J connectivity index is 0.00000210. The number of hydrogen-bond donors (Lipinski definition) is 3. The molecule has 1 amide bonds. The highest BCUT2D eigenvalue weighted by molar-refractivity contribution is 14.0. The minimum absolute atomic E-state index is 0. The second kappa shape index (κ2) is 9.26. The van der Waals surface area contributed by atoms with E-state index < -0.39 is 0 Å². The average Bonchev–Trinajstić information content (AvgIpc) is 3.59. The monoisotopic (exact) mass is 482 g/mol. The van der Waals surface area contributed by atoms with Crippen molar-refractivity contribution in [3.8, 4) is 0 Å². The van der Waals surface area contributed by atoms with Gasteiger partial charge in [-0.15, -0.1) is 24.0 Å². The molecule has 0 aromatic heterocycles. The molecule has 27 heavy (non-hydrogen) atoms. The van der Waals surface area contributed by atoms with Crippen molar-refractivity contribution in [3.63, 3.8) is 0 Å². The first-order valence-corrected chi connectivity index (χ1v) is 10.1. The SMILES string of the molecule is CN=C(NC1CCCC(C(=O)NC2CC2)C1)NC1CC1c1ccccc1.I. The van der Waals surface area contributed by atoms with Gasteiger partial charge >= 0.3 is 0 Å². The maximum absolute atomic E-state index is 12.4. The van der Waals surface area contributed by atoms with Gasteiger partial charge in [-0.1, -0.05) is 36.8 Å². The highest BCUT2D eigenvalue weighted by Crippen LogP contribution is 2.40. The third-order valence-corrected chi connectivity index (χ3v) is 5.87. The number of hydrogen-bond acceptors (Lipinski definition) is 2. The molecule has 3 N–H and O–H groups in total. The van der Waals surface area contributed by atoms with E-state index in [0.717, 1.165) is 50.9 Å². The van der Waals surface area contributed by atoms with Crippen molar-refractivity contribution in [2.75, 3.05) is 7.05 Å². The number of amides is 1. The van der Waals surface area contributed by atoms with E-state index in [4.69, 9.17) is 0 Å². The summed E-state index contributed by atoms with van der Waals surface area (Å²) in [6, 6.07) is 11.9. The summed E-state index contributed by atoms with van der Waals surface area (Å²) in [6.07, 6.45) is 7.60. The summed E-state index contributed by atoms with van der Waals surface area (Å²) in [5, 5.41) is 10.3. The van der Waals surface area contributed by atoms with Crippen molar-refractivity contribution in [3.05, 3.63) is 35.9 Å². The van der Waals surface area contributed by atoms with E-state index >= 15 is 0 Å². The molecule has 4 unspecified atom stereocenters. The lowest BCUT2D eigenvalue weighted by atomic mass is 9.85. The van der Waals surface area contributed by atoms with Crippen LogP contribution in [0, 0.1) is 5.92 Å². The first-order chi connectivity index (χ1) is 12.7. The number of guanidine groups is 1. The van der Waals surface area contributed by atoms with Crippen LogP contribution in [0.15, 0.2) is 35.3 Å². The van der Waals surface area contributed by atoms with Crippen LogP contribution in [0.1, 0.15) is 56.4 Å². The lowest BCUT2D eigenvalue weighted by Crippen LogP contribution is -2.47. The third-order valence-electron chi connectivity index (χ3n) is 5.87. The van der Waals surface area contributed by atoms with Gasteiger partial charge in [-0.2, -0.15) is 0 Å². The summed E-state index contributed by atoms with van der Waals surface area (Å²) in [7, 11) is 1.83. The van der Waals surface area contributed by atoms with Crippen molar-refractivity contribution in [1.82, 2.24) is 16.0 Å². The number of aliphatic imine (C=N–C) groups is 1. The molecule has 0 radical (unpaired) electrons. The molecule has 0 spiro atoms. The molecule has 6 heteroatoms. The van der Waals surface area contributed by atoms with Crippen LogP contribution in [-0.2, 0) is 4.79 Å². The molecule has 0 heterocycles. The molecule has 3 aliphatic rings. The smallest absolute Gasteiger partial charge is 0.223 e. The average molecular weight is 482 g/mol. The van der Waals surface area contributed by atoms with E-state index in [9.17, 15) is 4.79 Å². The van der Waals surface area contributed by atoms with E-state index in [2.05, 4.69) is 51.3 Å². The zero-order chi connectivity index (χ0) is 17.9. The molecule has 4 rings (SSSR count). The summed E-state index contributed by atoms with van der Waals surface area (Å²) in [5.74, 6) is 1.87. The molecule has 148 valence electrons. The van der Waals surface area contributed by atoms with Crippen LogP contribution in [0.5, 0.6) is 0 Å². The highest BCUT2D eigenvalue weighted by Gasteiger charge is 2.39. The molecule has 3 fully saturated rings. The summed E-state index contributed by atoms with van der Waals surface area (Å²) in [6.45, 7) is 0. The summed E-state index contributed by atoms with van der Waals surface area (Å²) < 4.78 is 0. The fourth-order valence-electron chi connectivity index (χ4n) is 4.07. The summed E-state index contributed by atoms with van der Waals surface area (Å²) in [5.41, 5.74) is 1.40. The van der Waals surface area contributed by atoms with E-state index in [0.29, 0.717) is 24.0 Å². The Morgan fingerprint density at radius 2 is 1.74 bits per heavy atom. The van der Waals surface area contributed by atoms with Crippen LogP contribution >= 0.6 is 24.0 Å². The molecule has 4 atom stereocenters. The van der Waals surface area contributed by atoms with Gasteiger partial charge in [0.2, 0.25) is 5.91 Å². The van der Waals surface area contributed by atoms with E-state index in [1.807, 2.05) is 7.05 Å². The summed E-state index contributed by atoms with van der Waals surface area (Å²) >= 11 is 0. The molecular formula is C21H31IN4O. The van der Waals surface area contributed by atoms with E-state index in [1.54, 1.807) is 0 Å². The molecule has 5 nitrogen and oxygen atoms in total. The Bertz CT molecular complexity index is 661. The number of nitrogens with zero attached hydrogens (tertiary/aromatic N) is 1. The lowest BCUT2D eigenvalue weighted by molar-refractivity contribution is -0.126. The molecule has 0 saturated heterocycles. The number of halogens is 1. The summed E-state index contributed by atoms with van der Waals surface area (Å²) in [4.78, 5) is 16.8. The van der Waals surface area contributed by atoms with Crippen molar-refractivity contribution in [1.29, 1.82) is 0 Å². The van der Waals surface area contributed by atoms with Crippen LogP contribution in [0.4, 0.5) is 0 Å². The second-order valence-electron chi connectivity index (χ2n) is 8.06. The molecule has 0 aliphatic heterocycles. The fraction of sp³-hybridized carbons (Fsp3) is 0.619. The predicted molar refractivity (Wildman–Crippen MR) is 120 cm³/mol. The second-order valence-corrected chi connectivity index (χ2v) is 8.06. The van der Waals surface area contributed by atoms with E-state index in [-0.39, 0.29) is 35.8 Å². The molecular weight excluding hydrogens is 451 g/mol. The van der Waals surface area contributed by atoms with Crippen LogP contribution in [0.3, 0.4) is 0 Å². The fourth-order valence-corrected chi connectivity index (χ4v) is 4.07. The number of carbonyl (C=O) groups is 1. The number of benzene rings is 1. The van der Waals surface area contributed by atoms with Gasteiger partial charge in [-0.05, 0) is 44.1 Å². The standard InChI is InChI=1S/C21H30N4O.HI/c1-22-21(25-19-13-18(19)14-6-3-2-4-7-14)24-17-9-5-8-15(12-17)20(26)23-16-10-11-16;/h2-4,6-7,15-19H,5,8-13H2,1H3,(H,23,26)(H2,22,24,25);1H. The lowest BCUT2D eigenvalue weighted by Gasteiger charge is -2.30. The largest absolute Gasteiger partial charge is 0.354 e. The Morgan fingerprint density at radius 1 is 0.963 bits per heavy atom. The number of nitrogens with one attached hydrogen (secondary N) is 3. The molecule has 0 bridgehead atoms. The minimum Gasteiger partial charge on any atom is -0.354 e. The zero-order valence-corrected chi connectivity index (χ0v) is 18.3. The van der Waals surface area contributed by atoms with Gasteiger partial charge in [-0.3, -0.25) is 9.79 Å². The van der Waals surface area contributed by atoms with Crippen molar-refractivity contribution < 1.29 is 4.79 Å². The topological polar surface area (TPSA) is 65.5 Å². The van der Waals surface area contributed by atoms with Crippen LogP contribution in [-0.4, -0.2) is 37.0 Å². The van der Waals surface area contributed by atoms with Gasteiger partial charge in [-0.25, -0.2) is 0 Å². The van der Waals surface area contributed by atoms with Crippen LogP contribution in [0.25, 0.3) is 0 Å². The van der Waals surface area contributed by atoms with Crippen molar-refractivity contribution in [2.45, 2.75) is 69.0 Å². The molecule has 1 aromatic rings. The van der Waals surface area contributed by atoms with E-state index in [1.165, 1.54) is 5.56 Å². The van der Waals surface area contributed by atoms with Crippen LogP contribution in [0.2, 0.25) is 0 Å². The highest BCUT2D eigenvalue weighted by atomic mass is 127. The number of carbonyl (C=O) groups excluding carboxylic acids is 1. The Morgan fingerprint density at radius 3 is 2.44 bits per heavy atom. The first kappa shape index (κ1) is 20.4. The molecule has 1 aromatic carbocycles. The normalized spacial score (nSPS) is 30.0. The maximum atomic E-state index is 12.4. The quantitative estimate of drug-likeness (QED) is 0.343. The Hall–Kier alpha value is -1.31. The number of rotatable bonds is 5. The molecule has 3 saturated carbocycles. The van der Waals surface area contributed by atoms with Gasteiger partial charge in [0.1, 0.15) is 0 Å².